The summed E-state index contributed by atoms with van der Waals surface area (Å²) in [6, 6.07) is 5.80. The van der Waals surface area contributed by atoms with Crippen LogP contribution < -0.4 is 16.1 Å². The summed E-state index contributed by atoms with van der Waals surface area (Å²) in [6.07, 6.45) is 4.45. The van der Waals surface area contributed by atoms with E-state index in [4.69, 9.17) is 20.8 Å². The van der Waals surface area contributed by atoms with Crippen molar-refractivity contribution in [2.24, 2.45) is 0 Å². The normalized spacial score (nSPS) is 13.0. The van der Waals surface area contributed by atoms with E-state index in [1.165, 1.54) is 17.4 Å². The number of hydrogen-bond donors (Lipinski definition) is 2. The number of fused-ring (bicyclic) bond motifs is 2. The van der Waals surface area contributed by atoms with E-state index in [1.54, 1.807) is 12.1 Å². The highest BCUT2D eigenvalue weighted by Crippen LogP contribution is 2.38. The molecule has 4 rings (SSSR count). The Balaban J connectivity index is 1.58. The lowest BCUT2D eigenvalue weighted by Crippen LogP contribution is -2.27. The molecule has 0 spiro atoms. The molecular weight excluding hydrogens is 464 g/mol. The Labute approximate surface area is 200 Å². The molecule has 33 heavy (non-hydrogen) atoms. The number of nitrogens with one attached hydrogen (secondary N) is 2. The molecule has 1 aliphatic rings. The van der Waals surface area contributed by atoms with E-state index in [-0.39, 0.29) is 22.7 Å². The molecule has 0 aliphatic heterocycles. The Bertz CT molecular complexity index is 1250. The molecule has 0 saturated carbocycles. The van der Waals surface area contributed by atoms with Crippen molar-refractivity contribution in [3.05, 3.63) is 61.3 Å². The highest BCUT2D eigenvalue weighted by molar-refractivity contribution is 7.17. The van der Waals surface area contributed by atoms with E-state index in [0.717, 1.165) is 42.2 Å². The van der Waals surface area contributed by atoms with Gasteiger partial charge in [0.15, 0.2) is 11.2 Å². The molecule has 0 unspecified atom stereocenters. The van der Waals surface area contributed by atoms with Crippen molar-refractivity contribution in [2.75, 3.05) is 25.1 Å². The van der Waals surface area contributed by atoms with Crippen LogP contribution in [0, 0.1) is 0 Å². The number of thiophene rings is 1. The van der Waals surface area contributed by atoms with Gasteiger partial charge < -0.3 is 19.8 Å². The zero-order valence-corrected chi connectivity index (χ0v) is 19.9. The Morgan fingerprint density at radius 3 is 2.82 bits per heavy atom. The predicted octanol–water partition coefficient (Wildman–Crippen LogP) is 4.80. The number of carbonyl (C=O) groups is 2. The van der Waals surface area contributed by atoms with Crippen LogP contribution in [0.4, 0.5) is 5.00 Å². The zero-order valence-electron chi connectivity index (χ0n) is 18.3. The molecule has 0 radical (unpaired) electrons. The van der Waals surface area contributed by atoms with E-state index in [9.17, 15) is 14.4 Å². The van der Waals surface area contributed by atoms with Crippen LogP contribution in [0.1, 0.15) is 57.5 Å². The minimum atomic E-state index is -0.576. The summed E-state index contributed by atoms with van der Waals surface area (Å²) in [5.41, 5.74) is 1.42. The second-order valence-corrected chi connectivity index (χ2v) is 9.33. The van der Waals surface area contributed by atoms with Gasteiger partial charge in [-0.25, -0.2) is 0 Å². The summed E-state index contributed by atoms with van der Waals surface area (Å²) in [4.78, 5) is 39.6. The highest BCUT2D eigenvalue weighted by Gasteiger charge is 2.27. The Morgan fingerprint density at radius 1 is 1.18 bits per heavy atom. The van der Waals surface area contributed by atoms with Crippen molar-refractivity contribution in [3.63, 3.8) is 0 Å². The first-order valence-electron chi connectivity index (χ1n) is 11.0. The van der Waals surface area contributed by atoms with E-state index in [2.05, 4.69) is 10.6 Å². The molecule has 174 valence electrons. The molecule has 1 aliphatic carbocycles. The highest BCUT2D eigenvalue weighted by atomic mass is 35.5. The minimum Gasteiger partial charge on any atom is -0.451 e. The fourth-order valence-electron chi connectivity index (χ4n) is 3.91. The third-order valence-electron chi connectivity index (χ3n) is 5.49. The molecule has 2 N–H and O–H groups in total. The molecule has 9 heteroatoms. The first-order chi connectivity index (χ1) is 16.0. The molecule has 2 heterocycles. The van der Waals surface area contributed by atoms with Crippen molar-refractivity contribution < 1.29 is 18.7 Å². The van der Waals surface area contributed by atoms with Gasteiger partial charge in [0.1, 0.15) is 10.6 Å². The van der Waals surface area contributed by atoms with Crippen molar-refractivity contribution >= 4 is 50.7 Å². The van der Waals surface area contributed by atoms with Crippen LogP contribution >= 0.6 is 22.9 Å². The second kappa shape index (κ2) is 10.5. The molecule has 7 nitrogen and oxygen atoms in total. The average molecular weight is 489 g/mol. The number of amides is 2. The van der Waals surface area contributed by atoms with Crippen LogP contribution in [0.3, 0.4) is 0 Å². The van der Waals surface area contributed by atoms with Crippen LogP contribution in [-0.2, 0) is 17.6 Å². The maximum absolute atomic E-state index is 13.0. The molecular formula is C24H25ClN2O5S. The molecule has 0 atom stereocenters. The summed E-state index contributed by atoms with van der Waals surface area (Å²) >= 11 is 7.37. The van der Waals surface area contributed by atoms with E-state index in [1.807, 2.05) is 6.92 Å². The first kappa shape index (κ1) is 23.5. The Morgan fingerprint density at radius 2 is 2.00 bits per heavy atom. The van der Waals surface area contributed by atoms with Crippen molar-refractivity contribution in [3.8, 4) is 0 Å². The van der Waals surface area contributed by atoms with Gasteiger partial charge in [0, 0.05) is 35.7 Å². The predicted molar refractivity (Wildman–Crippen MR) is 130 cm³/mol. The topological polar surface area (TPSA) is 97.6 Å². The molecule has 0 saturated heterocycles. The fraction of sp³-hybridized carbons (Fsp3) is 0.375. The lowest BCUT2D eigenvalue weighted by Gasteiger charge is -2.13. The maximum atomic E-state index is 13.0. The van der Waals surface area contributed by atoms with Crippen LogP contribution in [-0.4, -0.2) is 31.6 Å². The van der Waals surface area contributed by atoms with Gasteiger partial charge in [-0.05, 0) is 62.8 Å². The summed E-state index contributed by atoms with van der Waals surface area (Å²) in [5, 5.41) is 6.94. The Kier molecular flexibility index (Phi) is 7.47. The summed E-state index contributed by atoms with van der Waals surface area (Å²) in [6.45, 7) is 3.63. The number of halogens is 1. The molecule has 0 fully saturated rings. The van der Waals surface area contributed by atoms with Crippen molar-refractivity contribution in [2.45, 2.75) is 39.0 Å². The molecule has 1 aromatic carbocycles. The zero-order chi connectivity index (χ0) is 23.4. The van der Waals surface area contributed by atoms with Gasteiger partial charge in [0.2, 0.25) is 0 Å². The van der Waals surface area contributed by atoms with Crippen LogP contribution in [0.15, 0.2) is 33.5 Å². The lowest BCUT2D eigenvalue weighted by molar-refractivity contribution is 0.0944. The molecule has 2 amide bonds. The largest absolute Gasteiger partial charge is 0.451 e. The van der Waals surface area contributed by atoms with Gasteiger partial charge in [-0.3, -0.25) is 14.4 Å². The molecule has 0 bridgehead atoms. The van der Waals surface area contributed by atoms with Crippen molar-refractivity contribution in [1.82, 2.24) is 5.32 Å². The average Bonchev–Trinajstić information content (AvgIpc) is 3.17. The number of ether oxygens (including phenoxy) is 1. The maximum Gasteiger partial charge on any atom is 0.292 e. The van der Waals surface area contributed by atoms with Gasteiger partial charge >= 0.3 is 0 Å². The molecule has 2 aromatic heterocycles. The number of aryl methyl sites for hydroxylation is 1. The van der Waals surface area contributed by atoms with Gasteiger partial charge in [0.05, 0.1) is 10.9 Å². The smallest absolute Gasteiger partial charge is 0.292 e. The van der Waals surface area contributed by atoms with Gasteiger partial charge in [-0.2, -0.15) is 0 Å². The van der Waals surface area contributed by atoms with Crippen LogP contribution in [0.25, 0.3) is 11.0 Å². The third kappa shape index (κ3) is 5.29. The Hall–Kier alpha value is -2.68. The fourth-order valence-corrected chi connectivity index (χ4v) is 5.36. The van der Waals surface area contributed by atoms with E-state index >= 15 is 0 Å². The summed E-state index contributed by atoms with van der Waals surface area (Å²) in [5.74, 6) is -0.909. The molecule has 3 aromatic rings. The quantitative estimate of drug-likeness (QED) is 0.444. The lowest BCUT2D eigenvalue weighted by atomic mass is 9.95. The van der Waals surface area contributed by atoms with E-state index in [0.29, 0.717) is 47.2 Å². The summed E-state index contributed by atoms with van der Waals surface area (Å²) in [7, 11) is 0. The van der Waals surface area contributed by atoms with E-state index < -0.39 is 5.91 Å². The SMILES string of the molecule is CCOCCCNC(=O)c1c(NC(=O)c2cc(=O)c3cc(Cl)ccc3o2)sc2c1CCCC2. The number of carbonyl (C=O) groups excluding carboxylic acids is 2. The number of hydrogen-bond acceptors (Lipinski definition) is 6. The van der Waals surface area contributed by atoms with Crippen molar-refractivity contribution in [1.29, 1.82) is 0 Å². The number of rotatable bonds is 8. The number of benzene rings is 1. The van der Waals surface area contributed by atoms with Crippen LogP contribution in [0.5, 0.6) is 0 Å². The van der Waals surface area contributed by atoms with Gasteiger partial charge in [0.25, 0.3) is 11.8 Å². The second-order valence-electron chi connectivity index (χ2n) is 7.79. The van der Waals surface area contributed by atoms with Gasteiger partial charge in [-0.1, -0.05) is 11.6 Å². The minimum absolute atomic E-state index is 0.121. The standard InChI is InChI=1S/C24H25ClN2O5S/c1-2-31-11-5-10-26-23(30)21-15-6-3-4-7-20(15)33-24(21)27-22(29)19-13-17(28)16-12-14(25)8-9-18(16)32-19/h8-9,12-13H,2-7,10-11H2,1H3,(H,26,30)(H,27,29). The summed E-state index contributed by atoms with van der Waals surface area (Å²) < 4.78 is 11.0. The third-order valence-corrected chi connectivity index (χ3v) is 6.94. The van der Waals surface area contributed by atoms with Crippen LogP contribution in [0.2, 0.25) is 5.02 Å². The van der Waals surface area contributed by atoms with Gasteiger partial charge in [-0.15, -0.1) is 11.3 Å². The first-order valence-corrected chi connectivity index (χ1v) is 12.2. The number of anilines is 1. The monoisotopic (exact) mass is 488 g/mol.